The lowest BCUT2D eigenvalue weighted by molar-refractivity contribution is 0.202. The van der Waals surface area contributed by atoms with Crippen molar-refractivity contribution >= 4 is 0 Å². The van der Waals surface area contributed by atoms with Gasteiger partial charge >= 0.3 is 0 Å². The summed E-state index contributed by atoms with van der Waals surface area (Å²) in [4.78, 5) is 2.61. The number of rotatable bonds is 7. The van der Waals surface area contributed by atoms with Gasteiger partial charge in [0.2, 0.25) is 0 Å². The first-order valence-corrected chi connectivity index (χ1v) is 8.87. The van der Waals surface area contributed by atoms with Crippen molar-refractivity contribution in [3.8, 4) is 5.75 Å². The number of hydrogen-bond donors (Lipinski definition) is 0. The van der Waals surface area contributed by atoms with Gasteiger partial charge in [-0.05, 0) is 68.9 Å². The second kappa shape index (κ2) is 8.73. The van der Waals surface area contributed by atoms with Gasteiger partial charge in [0.1, 0.15) is 5.75 Å². The average molecular weight is 309 g/mol. The molecular formula is C21H27NO. The van der Waals surface area contributed by atoms with E-state index in [4.69, 9.17) is 4.74 Å². The van der Waals surface area contributed by atoms with Gasteiger partial charge in [0.05, 0.1) is 6.61 Å². The van der Waals surface area contributed by atoms with Crippen molar-refractivity contribution in [2.75, 3.05) is 26.2 Å². The lowest BCUT2D eigenvalue weighted by Gasteiger charge is -2.32. The molecule has 1 saturated heterocycles. The van der Waals surface area contributed by atoms with Crippen LogP contribution in [0.3, 0.4) is 0 Å². The van der Waals surface area contributed by atoms with Crippen molar-refractivity contribution in [2.24, 2.45) is 0 Å². The molecule has 0 aromatic heterocycles. The van der Waals surface area contributed by atoms with Crippen molar-refractivity contribution in [3.63, 3.8) is 0 Å². The van der Waals surface area contributed by atoms with Crippen LogP contribution < -0.4 is 4.74 Å². The lowest BCUT2D eigenvalue weighted by atomic mass is 9.89. The van der Waals surface area contributed by atoms with Crippen LogP contribution in [0.1, 0.15) is 37.2 Å². The molecule has 0 bridgehead atoms. The predicted octanol–water partition coefficient (Wildman–Crippen LogP) is 4.73. The van der Waals surface area contributed by atoms with E-state index in [0.717, 1.165) is 24.7 Å². The summed E-state index contributed by atoms with van der Waals surface area (Å²) in [7, 11) is 0. The monoisotopic (exact) mass is 309 g/mol. The van der Waals surface area contributed by atoms with Crippen LogP contribution in [0.25, 0.3) is 0 Å². The van der Waals surface area contributed by atoms with E-state index < -0.39 is 0 Å². The first-order valence-electron chi connectivity index (χ1n) is 8.87. The highest BCUT2D eigenvalue weighted by Crippen LogP contribution is 2.27. The molecule has 0 unspecified atom stereocenters. The van der Waals surface area contributed by atoms with Gasteiger partial charge in [-0.1, -0.05) is 48.5 Å². The normalized spacial score (nSPS) is 16.3. The molecule has 0 spiro atoms. The Kier molecular flexibility index (Phi) is 6.10. The molecule has 1 aliphatic rings. The van der Waals surface area contributed by atoms with E-state index in [0.29, 0.717) is 0 Å². The SMILES string of the molecule is c1ccc(OCCCCN2CCC(c3ccccc3)CC2)cc1. The van der Waals surface area contributed by atoms with E-state index in [2.05, 4.69) is 35.2 Å². The van der Waals surface area contributed by atoms with Crippen LogP contribution >= 0.6 is 0 Å². The first-order chi connectivity index (χ1) is 11.4. The van der Waals surface area contributed by atoms with E-state index in [-0.39, 0.29) is 0 Å². The molecular weight excluding hydrogens is 282 g/mol. The van der Waals surface area contributed by atoms with Gasteiger partial charge in [-0.25, -0.2) is 0 Å². The quantitative estimate of drug-likeness (QED) is 0.686. The fraction of sp³-hybridized carbons (Fsp3) is 0.429. The Hall–Kier alpha value is -1.80. The lowest BCUT2D eigenvalue weighted by Crippen LogP contribution is -2.33. The first kappa shape index (κ1) is 16.1. The summed E-state index contributed by atoms with van der Waals surface area (Å²) in [5.41, 5.74) is 1.52. The zero-order chi connectivity index (χ0) is 15.7. The summed E-state index contributed by atoms with van der Waals surface area (Å²) >= 11 is 0. The van der Waals surface area contributed by atoms with Crippen molar-refractivity contribution in [1.82, 2.24) is 4.90 Å². The summed E-state index contributed by atoms with van der Waals surface area (Å²) in [5.74, 6) is 1.74. The molecule has 1 aliphatic heterocycles. The minimum absolute atomic E-state index is 0.758. The third-order valence-corrected chi connectivity index (χ3v) is 4.74. The molecule has 23 heavy (non-hydrogen) atoms. The summed E-state index contributed by atoms with van der Waals surface area (Å²) in [6.45, 7) is 4.50. The zero-order valence-electron chi connectivity index (χ0n) is 13.9. The van der Waals surface area contributed by atoms with Gasteiger partial charge in [0, 0.05) is 0 Å². The van der Waals surface area contributed by atoms with Crippen LogP contribution in [0.4, 0.5) is 0 Å². The molecule has 1 fully saturated rings. The highest BCUT2D eigenvalue weighted by atomic mass is 16.5. The van der Waals surface area contributed by atoms with E-state index in [1.165, 1.54) is 44.5 Å². The van der Waals surface area contributed by atoms with Crippen LogP contribution in [-0.4, -0.2) is 31.1 Å². The summed E-state index contributed by atoms with van der Waals surface area (Å²) in [6.07, 6.45) is 4.95. The Morgan fingerprint density at radius 1 is 0.826 bits per heavy atom. The molecule has 0 aliphatic carbocycles. The van der Waals surface area contributed by atoms with Gasteiger partial charge in [-0.15, -0.1) is 0 Å². The number of piperidine rings is 1. The molecule has 2 aromatic rings. The second-order valence-electron chi connectivity index (χ2n) is 6.40. The van der Waals surface area contributed by atoms with Crippen molar-refractivity contribution in [1.29, 1.82) is 0 Å². The van der Waals surface area contributed by atoms with E-state index in [9.17, 15) is 0 Å². The Labute approximate surface area is 140 Å². The fourth-order valence-electron chi connectivity index (χ4n) is 3.36. The Morgan fingerprint density at radius 3 is 2.17 bits per heavy atom. The molecule has 0 atom stereocenters. The molecule has 0 amide bonds. The van der Waals surface area contributed by atoms with E-state index >= 15 is 0 Å². The van der Waals surface area contributed by atoms with Crippen LogP contribution in [0.15, 0.2) is 60.7 Å². The van der Waals surface area contributed by atoms with E-state index in [1.54, 1.807) is 0 Å². The number of benzene rings is 2. The third kappa shape index (κ3) is 5.11. The highest BCUT2D eigenvalue weighted by Gasteiger charge is 2.19. The molecule has 122 valence electrons. The molecule has 0 radical (unpaired) electrons. The summed E-state index contributed by atoms with van der Waals surface area (Å²) < 4.78 is 5.75. The van der Waals surface area contributed by atoms with Crippen molar-refractivity contribution in [2.45, 2.75) is 31.6 Å². The van der Waals surface area contributed by atoms with E-state index in [1.807, 2.05) is 30.3 Å². The van der Waals surface area contributed by atoms with Crippen molar-refractivity contribution in [3.05, 3.63) is 66.2 Å². The van der Waals surface area contributed by atoms with Gasteiger partial charge in [0.25, 0.3) is 0 Å². The molecule has 3 rings (SSSR count). The second-order valence-corrected chi connectivity index (χ2v) is 6.40. The maximum atomic E-state index is 5.75. The molecule has 2 aromatic carbocycles. The smallest absolute Gasteiger partial charge is 0.119 e. The maximum Gasteiger partial charge on any atom is 0.119 e. The maximum absolute atomic E-state index is 5.75. The fourth-order valence-corrected chi connectivity index (χ4v) is 3.36. The zero-order valence-corrected chi connectivity index (χ0v) is 13.9. The van der Waals surface area contributed by atoms with Gasteiger partial charge < -0.3 is 9.64 Å². The third-order valence-electron chi connectivity index (χ3n) is 4.74. The molecule has 0 N–H and O–H groups in total. The van der Waals surface area contributed by atoms with Gasteiger partial charge in [-0.3, -0.25) is 0 Å². The number of ether oxygens (including phenoxy) is 1. The van der Waals surface area contributed by atoms with Gasteiger partial charge in [0.15, 0.2) is 0 Å². The summed E-state index contributed by atoms with van der Waals surface area (Å²) in [6, 6.07) is 21.1. The minimum atomic E-state index is 0.758. The standard InChI is InChI=1S/C21H27NO/c1-3-9-19(10-4-1)20-13-16-22(17-14-20)15-7-8-18-23-21-11-5-2-6-12-21/h1-6,9-12,20H,7-8,13-18H2. The molecule has 2 heteroatoms. The minimum Gasteiger partial charge on any atom is -0.494 e. The Morgan fingerprint density at radius 2 is 1.48 bits per heavy atom. The topological polar surface area (TPSA) is 12.5 Å². The van der Waals surface area contributed by atoms with Crippen LogP contribution in [0, 0.1) is 0 Å². The summed E-state index contributed by atoms with van der Waals surface area (Å²) in [5, 5.41) is 0. The van der Waals surface area contributed by atoms with Crippen LogP contribution in [-0.2, 0) is 0 Å². The molecule has 1 heterocycles. The van der Waals surface area contributed by atoms with Crippen LogP contribution in [0.2, 0.25) is 0 Å². The van der Waals surface area contributed by atoms with Gasteiger partial charge in [-0.2, -0.15) is 0 Å². The highest BCUT2D eigenvalue weighted by molar-refractivity contribution is 5.21. The number of likely N-dealkylation sites (tertiary alicyclic amines) is 1. The Balaban J connectivity index is 1.29. The number of para-hydroxylation sites is 1. The van der Waals surface area contributed by atoms with Crippen LogP contribution in [0.5, 0.6) is 5.75 Å². The molecule has 0 saturated carbocycles. The average Bonchev–Trinajstić information content (AvgIpc) is 2.64. The number of hydrogen-bond acceptors (Lipinski definition) is 2. The van der Waals surface area contributed by atoms with Crippen molar-refractivity contribution < 1.29 is 4.74 Å². The predicted molar refractivity (Wildman–Crippen MR) is 96.0 cm³/mol. The number of nitrogens with zero attached hydrogens (tertiary/aromatic N) is 1. The Bertz CT molecular complexity index is 547. The molecule has 2 nitrogen and oxygen atoms in total. The largest absolute Gasteiger partial charge is 0.494 e. The number of unbranched alkanes of at least 4 members (excludes halogenated alkanes) is 1.